The average Bonchev–Trinajstić information content (AvgIpc) is 2.91. The van der Waals surface area contributed by atoms with Crippen LogP contribution in [0.1, 0.15) is 30.4 Å². The molecule has 1 aromatic carbocycles. The number of hydrogen-bond donors (Lipinski definition) is 1. The van der Waals surface area contributed by atoms with Crippen molar-refractivity contribution in [3.8, 4) is 17.2 Å². The molecule has 3 atom stereocenters. The first-order valence-electron chi connectivity index (χ1n) is 8.48. The second-order valence-corrected chi connectivity index (χ2v) is 6.69. The monoisotopic (exact) mass is 346 g/mol. The molecule has 1 aromatic rings. The molecule has 1 N–H and O–H groups in total. The van der Waals surface area contributed by atoms with Crippen LogP contribution in [0.25, 0.3) is 0 Å². The molecule has 134 valence electrons. The smallest absolute Gasteiger partial charge is 0.203 e. The van der Waals surface area contributed by atoms with Gasteiger partial charge in [0.05, 0.1) is 27.4 Å². The van der Waals surface area contributed by atoms with Gasteiger partial charge in [0.1, 0.15) is 11.7 Å². The lowest BCUT2D eigenvalue weighted by Gasteiger charge is -2.38. The van der Waals surface area contributed by atoms with Crippen LogP contribution in [0.2, 0.25) is 0 Å². The molecule has 6 heteroatoms. The zero-order valence-corrected chi connectivity index (χ0v) is 14.6. The van der Waals surface area contributed by atoms with Gasteiger partial charge in [0.15, 0.2) is 17.3 Å². The Labute approximate surface area is 146 Å². The van der Waals surface area contributed by atoms with Crippen molar-refractivity contribution >= 4 is 5.78 Å². The Morgan fingerprint density at radius 2 is 1.92 bits per heavy atom. The highest BCUT2D eigenvalue weighted by atomic mass is 16.5. The number of aryl methyl sites for hydroxylation is 1. The predicted octanol–water partition coefficient (Wildman–Crippen LogP) is 1.90. The Morgan fingerprint density at radius 3 is 2.60 bits per heavy atom. The van der Waals surface area contributed by atoms with E-state index in [-0.39, 0.29) is 5.78 Å². The third-order valence-electron chi connectivity index (χ3n) is 5.53. The predicted molar refractivity (Wildman–Crippen MR) is 89.3 cm³/mol. The van der Waals surface area contributed by atoms with Crippen LogP contribution >= 0.6 is 0 Å². The van der Waals surface area contributed by atoms with E-state index in [4.69, 9.17) is 18.9 Å². The van der Waals surface area contributed by atoms with E-state index in [0.29, 0.717) is 42.9 Å². The normalized spacial score (nSPS) is 30.1. The Hall–Kier alpha value is -2.05. The third-order valence-corrected chi connectivity index (χ3v) is 5.53. The van der Waals surface area contributed by atoms with Gasteiger partial charge in [0.25, 0.3) is 0 Å². The number of ketones is 1. The lowest BCUT2D eigenvalue weighted by atomic mass is 9.79. The fraction of sp³-hybridized carbons (Fsp3) is 0.526. The van der Waals surface area contributed by atoms with E-state index in [1.807, 2.05) is 6.07 Å². The van der Waals surface area contributed by atoms with Crippen LogP contribution < -0.4 is 14.2 Å². The highest BCUT2D eigenvalue weighted by Crippen LogP contribution is 2.57. The third kappa shape index (κ3) is 2.14. The largest absolute Gasteiger partial charge is 0.493 e. The molecule has 3 aliphatic rings. The van der Waals surface area contributed by atoms with Gasteiger partial charge in [-0.3, -0.25) is 4.79 Å². The summed E-state index contributed by atoms with van der Waals surface area (Å²) in [5, 5.41) is 10.7. The van der Waals surface area contributed by atoms with Crippen molar-refractivity contribution in [2.75, 3.05) is 21.3 Å². The van der Waals surface area contributed by atoms with Gasteiger partial charge in [-0.05, 0) is 42.5 Å². The van der Waals surface area contributed by atoms with Crippen LogP contribution in [-0.4, -0.2) is 44.4 Å². The van der Waals surface area contributed by atoms with Crippen LogP contribution in [0.15, 0.2) is 17.7 Å². The molecule has 0 saturated carbocycles. The van der Waals surface area contributed by atoms with Crippen LogP contribution in [0.4, 0.5) is 0 Å². The minimum absolute atomic E-state index is 0.0550. The molecule has 2 aliphatic heterocycles. The molecule has 2 heterocycles. The number of ether oxygens (including phenoxy) is 4. The highest BCUT2D eigenvalue weighted by Gasteiger charge is 2.55. The van der Waals surface area contributed by atoms with Crippen molar-refractivity contribution in [3.63, 3.8) is 0 Å². The van der Waals surface area contributed by atoms with E-state index in [9.17, 15) is 9.90 Å². The van der Waals surface area contributed by atoms with Crippen molar-refractivity contribution in [2.45, 2.75) is 43.5 Å². The van der Waals surface area contributed by atoms with E-state index in [0.717, 1.165) is 16.7 Å². The Balaban J connectivity index is 2.01. The van der Waals surface area contributed by atoms with Crippen molar-refractivity contribution in [2.24, 2.45) is 0 Å². The average molecular weight is 346 g/mol. The van der Waals surface area contributed by atoms with Gasteiger partial charge >= 0.3 is 0 Å². The van der Waals surface area contributed by atoms with E-state index < -0.39 is 17.8 Å². The standard InChI is InChI=1S/C19H22O6/c1-22-15-8-10-4-5-12(20)11-9-14-13(21)6-7-19(11,25-14)16(10)18(24-3)17(15)23-2/h8-9,12,14,20H,4-7H2,1-3H3/t12-,14-,19-/m1/s1. The number of hydrogen-bond acceptors (Lipinski definition) is 6. The fourth-order valence-corrected chi connectivity index (χ4v) is 4.42. The Kier molecular flexibility index (Phi) is 3.77. The molecule has 1 spiro atoms. The van der Waals surface area contributed by atoms with Crippen LogP contribution in [-0.2, 0) is 21.6 Å². The second kappa shape index (κ2) is 5.75. The van der Waals surface area contributed by atoms with E-state index in [1.165, 1.54) is 0 Å². The molecule has 6 nitrogen and oxygen atoms in total. The van der Waals surface area contributed by atoms with E-state index in [2.05, 4.69) is 0 Å². The van der Waals surface area contributed by atoms with Crippen molar-refractivity contribution in [1.29, 1.82) is 0 Å². The number of Topliss-reactive ketones (excluding diaryl/α,β-unsaturated/α-hetero) is 1. The van der Waals surface area contributed by atoms with Crippen molar-refractivity contribution in [3.05, 3.63) is 28.8 Å². The summed E-state index contributed by atoms with van der Waals surface area (Å²) in [4.78, 5) is 12.1. The lowest BCUT2D eigenvalue weighted by Crippen LogP contribution is -2.40. The summed E-state index contributed by atoms with van der Waals surface area (Å²) in [5.41, 5.74) is 1.78. The number of carbonyl (C=O) groups is 1. The molecule has 2 bridgehead atoms. The molecular formula is C19H22O6. The Morgan fingerprint density at radius 1 is 1.16 bits per heavy atom. The van der Waals surface area contributed by atoms with E-state index in [1.54, 1.807) is 27.4 Å². The summed E-state index contributed by atoms with van der Waals surface area (Å²) in [6.07, 6.45) is 2.67. The van der Waals surface area contributed by atoms with Crippen LogP contribution in [0.5, 0.6) is 17.2 Å². The fourth-order valence-electron chi connectivity index (χ4n) is 4.42. The molecule has 1 aliphatic carbocycles. The summed E-state index contributed by atoms with van der Waals surface area (Å²) in [5.74, 6) is 1.68. The van der Waals surface area contributed by atoms with Gasteiger partial charge in [0.2, 0.25) is 5.75 Å². The molecule has 1 saturated heterocycles. The van der Waals surface area contributed by atoms with Gasteiger partial charge in [-0.15, -0.1) is 0 Å². The number of aliphatic hydroxyl groups excluding tert-OH is 1. The topological polar surface area (TPSA) is 74.2 Å². The number of rotatable bonds is 3. The van der Waals surface area contributed by atoms with Crippen LogP contribution in [0, 0.1) is 0 Å². The molecule has 0 aromatic heterocycles. The van der Waals surface area contributed by atoms with Crippen LogP contribution in [0.3, 0.4) is 0 Å². The molecular weight excluding hydrogens is 324 g/mol. The SMILES string of the molecule is COc1cc2c(c(OC)c1OC)[C@@]13CCC(=O)[C@@H](C=C1[C@H](O)CC2)O3. The number of aliphatic hydroxyl groups is 1. The first kappa shape index (κ1) is 16.4. The van der Waals surface area contributed by atoms with Gasteiger partial charge in [-0.25, -0.2) is 0 Å². The summed E-state index contributed by atoms with van der Waals surface area (Å²) in [6.45, 7) is 0. The molecule has 0 radical (unpaired) electrons. The zero-order valence-electron chi connectivity index (χ0n) is 14.6. The molecule has 0 unspecified atom stereocenters. The number of carbonyl (C=O) groups excluding carboxylic acids is 1. The van der Waals surface area contributed by atoms with Crippen molar-refractivity contribution in [1.82, 2.24) is 0 Å². The maximum atomic E-state index is 12.1. The maximum absolute atomic E-state index is 12.1. The zero-order chi connectivity index (χ0) is 17.8. The lowest BCUT2D eigenvalue weighted by molar-refractivity contribution is -0.145. The number of methoxy groups -OCH3 is 3. The first-order valence-corrected chi connectivity index (χ1v) is 8.48. The quantitative estimate of drug-likeness (QED) is 0.843. The van der Waals surface area contributed by atoms with Crippen molar-refractivity contribution < 1.29 is 28.8 Å². The van der Waals surface area contributed by atoms with Gasteiger partial charge < -0.3 is 24.1 Å². The number of benzene rings is 1. The first-order chi connectivity index (χ1) is 12.1. The molecule has 1 fully saturated rings. The maximum Gasteiger partial charge on any atom is 0.203 e. The molecule has 0 amide bonds. The summed E-state index contributed by atoms with van der Waals surface area (Å²) < 4.78 is 22.9. The summed E-state index contributed by atoms with van der Waals surface area (Å²) in [7, 11) is 4.73. The number of fused-ring (bicyclic) bond motifs is 2. The van der Waals surface area contributed by atoms with Gasteiger partial charge in [-0.1, -0.05) is 0 Å². The highest BCUT2D eigenvalue weighted by molar-refractivity contribution is 5.88. The molecule has 4 rings (SSSR count). The van der Waals surface area contributed by atoms with Gasteiger partial charge in [0, 0.05) is 12.0 Å². The van der Waals surface area contributed by atoms with E-state index >= 15 is 0 Å². The minimum Gasteiger partial charge on any atom is -0.493 e. The Bertz CT molecular complexity index is 768. The summed E-state index contributed by atoms with van der Waals surface area (Å²) in [6, 6.07) is 1.92. The summed E-state index contributed by atoms with van der Waals surface area (Å²) >= 11 is 0. The second-order valence-electron chi connectivity index (χ2n) is 6.69. The minimum atomic E-state index is -0.839. The van der Waals surface area contributed by atoms with Gasteiger partial charge in [-0.2, -0.15) is 0 Å². The molecule has 25 heavy (non-hydrogen) atoms.